The zero-order valence-electron chi connectivity index (χ0n) is 14.6. The van der Waals surface area contributed by atoms with E-state index in [0.717, 1.165) is 10.9 Å². The predicted molar refractivity (Wildman–Crippen MR) is 103 cm³/mol. The quantitative estimate of drug-likeness (QED) is 0.745. The van der Waals surface area contributed by atoms with Crippen LogP contribution >= 0.6 is 11.6 Å². The lowest BCUT2D eigenvalue weighted by Gasteiger charge is -2.15. The molecule has 1 aromatic heterocycles. The van der Waals surface area contributed by atoms with Crippen molar-refractivity contribution in [3.8, 4) is 0 Å². The van der Waals surface area contributed by atoms with Gasteiger partial charge in [-0.05, 0) is 51.1 Å². The van der Waals surface area contributed by atoms with Crippen molar-refractivity contribution >= 4 is 32.5 Å². The van der Waals surface area contributed by atoms with Crippen molar-refractivity contribution in [1.29, 1.82) is 0 Å². The molecule has 0 amide bonds. The highest BCUT2D eigenvalue weighted by atomic mass is 35.5. The molecule has 0 aliphatic heterocycles. The van der Waals surface area contributed by atoms with Gasteiger partial charge in [-0.25, -0.2) is 19.5 Å². The highest BCUT2D eigenvalue weighted by Crippen LogP contribution is 2.15. The number of aromatic nitrogens is 2. The second kappa shape index (κ2) is 6.74. The fraction of sp³-hybridized carbons (Fsp3) is 0.222. The van der Waals surface area contributed by atoms with Crippen LogP contribution in [0.4, 0.5) is 0 Å². The second-order valence-corrected chi connectivity index (χ2v) is 8.90. The number of benzene rings is 2. The molecule has 0 fully saturated rings. The van der Waals surface area contributed by atoms with Gasteiger partial charge in [-0.3, -0.25) is 0 Å². The molecule has 136 valence electrons. The molecule has 26 heavy (non-hydrogen) atoms. The van der Waals surface area contributed by atoms with E-state index >= 15 is 0 Å². The zero-order chi connectivity index (χ0) is 18.9. The maximum Gasteiger partial charge on any atom is 0.275 e. The molecule has 6 nitrogen and oxygen atoms in total. The van der Waals surface area contributed by atoms with E-state index in [9.17, 15) is 8.42 Å². The van der Waals surface area contributed by atoms with Crippen LogP contribution in [0.25, 0.3) is 10.9 Å². The molecule has 3 aromatic rings. The number of fused-ring (bicyclic) bond motifs is 1. The van der Waals surface area contributed by atoms with Gasteiger partial charge in [0.1, 0.15) is 0 Å². The molecule has 0 saturated heterocycles. The molecule has 0 unspecified atom stereocenters. The number of hydrogen-bond donors (Lipinski definition) is 1. The Labute approximate surface area is 157 Å². The molecule has 0 bridgehead atoms. The van der Waals surface area contributed by atoms with Crippen molar-refractivity contribution in [2.45, 2.75) is 31.2 Å². The Hall–Kier alpha value is -2.38. The summed E-state index contributed by atoms with van der Waals surface area (Å²) in [5, 5.41) is 1.26. The lowest BCUT2D eigenvalue weighted by molar-refractivity contribution is 0.544. The normalized spacial score (nSPS) is 13.2. The average Bonchev–Trinajstić information content (AvgIpc) is 2.54. The summed E-state index contributed by atoms with van der Waals surface area (Å²) in [6.07, 6.45) is 1.67. The van der Waals surface area contributed by atoms with Crippen molar-refractivity contribution in [3.63, 3.8) is 0 Å². The Balaban J connectivity index is 2.15. The predicted octanol–water partition coefficient (Wildman–Crippen LogP) is 3.32. The van der Waals surface area contributed by atoms with Gasteiger partial charge in [0.15, 0.2) is 0 Å². The van der Waals surface area contributed by atoms with Crippen LogP contribution in [0.15, 0.2) is 64.6 Å². The molecule has 1 heterocycles. The van der Waals surface area contributed by atoms with E-state index in [1.807, 2.05) is 45.0 Å². The van der Waals surface area contributed by atoms with Gasteiger partial charge in [0.2, 0.25) is 5.62 Å². The third-order valence-electron chi connectivity index (χ3n) is 3.42. The van der Waals surface area contributed by atoms with Crippen LogP contribution < -0.4 is 10.4 Å². The van der Waals surface area contributed by atoms with E-state index in [4.69, 9.17) is 11.6 Å². The van der Waals surface area contributed by atoms with Gasteiger partial charge in [-0.2, -0.15) is 8.42 Å². The van der Waals surface area contributed by atoms with E-state index in [0.29, 0.717) is 5.02 Å². The summed E-state index contributed by atoms with van der Waals surface area (Å²) in [7, 11) is -3.82. The number of hydrogen-bond acceptors (Lipinski definition) is 4. The number of para-hydroxylation sites is 1. The smallest absolute Gasteiger partial charge is 0.244 e. The van der Waals surface area contributed by atoms with Gasteiger partial charge in [0, 0.05) is 16.6 Å². The number of nitrogens with zero attached hydrogens (tertiary/aromatic N) is 3. The molecule has 0 atom stereocenters. The molecule has 1 N–H and O–H groups in total. The van der Waals surface area contributed by atoms with Gasteiger partial charge < -0.3 is 0 Å². The lowest BCUT2D eigenvalue weighted by atomic mass is 10.1. The van der Waals surface area contributed by atoms with Crippen LogP contribution in [0.5, 0.6) is 0 Å². The van der Waals surface area contributed by atoms with E-state index in [1.54, 1.807) is 6.20 Å². The summed E-state index contributed by atoms with van der Waals surface area (Å²) in [5.41, 5.74) is 0.578. The monoisotopic (exact) mass is 390 g/mol. The van der Waals surface area contributed by atoms with Crippen molar-refractivity contribution in [1.82, 2.24) is 9.66 Å². The Kier molecular flexibility index (Phi) is 4.77. The summed E-state index contributed by atoms with van der Waals surface area (Å²) < 4.78 is 26.8. The molecular weight excluding hydrogens is 372 g/mol. The number of sulfonamides is 1. The maximum absolute atomic E-state index is 12.7. The van der Waals surface area contributed by atoms with E-state index in [2.05, 4.69) is 14.8 Å². The Morgan fingerprint density at radius 2 is 1.73 bits per heavy atom. The first-order chi connectivity index (χ1) is 12.1. The zero-order valence-corrected chi connectivity index (χ0v) is 16.2. The van der Waals surface area contributed by atoms with E-state index < -0.39 is 15.6 Å². The maximum atomic E-state index is 12.7. The van der Waals surface area contributed by atoms with Gasteiger partial charge in [-0.15, -0.1) is 0 Å². The standard InChI is InChI=1S/C18H19ClN4O2S/c1-18(2,3)21-17-20-16-7-5-4-6-13(16)12-23(17)22-26(24,25)15-10-8-14(19)9-11-15/h4-12,22H,1-3H3. The van der Waals surface area contributed by atoms with E-state index in [1.165, 1.54) is 28.9 Å². The first-order valence-electron chi connectivity index (χ1n) is 7.97. The summed E-state index contributed by atoms with van der Waals surface area (Å²) >= 11 is 5.84. The fourth-order valence-electron chi connectivity index (χ4n) is 2.30. The molecule has 0 spiro atoms. The van der Waals surface area contributed by atoms with Gasteiger partial charge in [0.05, 0.1) is 16.0 Å². The Morgan fingerprint density at radius 3 is 2.38 bits per heavy atom. The van der Waals surface area contributed by atoms with Gasteiger partial charge in [-0.1, -0.05) is 29.8 Å². The van der Waals surface area contributed by atoms with Crippen molar-refractivity contribution in [2.75, 3.05) is 4.83 Å². The van der Waals surface area contributed by atoms with Gasteiger partial charge in [0.25, 0.3) is 10.0 Å². The molecule has 0 aliphatic carbocycles. The summed E-state index contributed by atoms with van der Waals surface area (Å²) in [6, 6.07) is 13.4. The fourth-order valence-corrected chi connectivity index (χ4v) is 3.42. The van der Waals surface area contributed by atoms with Crippen LogP contribution in [0, 0.1) is 0 Å². The number of halogens is 1. The Morgan fingerprint density at radius 1 is 1.08 bits per heavy atom. The highest BCUT2D eigenvalue weighted by Gasteiger charge is 2.16. The summed E-state index contributed by atoms with van der Waals surface area (Å²) in [5.74, 6) is 0. The minimum Gasteiger partial charge on any atom is -0.244 e. The summed E-state index contributed by atoms with van der Waals surface area (Å²) in [4.78, 5) is 11.7. The first-order valence-corrected chi connectivity index (χ1v) is 9.83. The third kappa shape index (κ3) is 4.23. The SMILES string of the molecule is CC(C)(C)N=c1nc2ccccc2cn1NS(=O)(=O)c1ccc(Cl)cc1. The van der Waals surface area contributed by atoms with Gasteiger partial charge >= 0.3 is 0 Å². The first kappa shape index (κ1) is 18.4. The minimum absolute atomic E-state index is 0.101. The van der Waals surface area contributed by atoms with Crippen LogP contribution in [-0.2, 0) is 10.0 Å². The molecule has 8 heteroatoms. The molecular formula is C18H19ClN4O2S. The van der Waals surface area contributed by atoms with Crippen LogP contribution in [0.1, 0.15) is 20.8 Å². The van der Waals surface area contributed by atoms with Crippen molar-refractivity contribution in [3.05, 3.63) is 65.4 Å². The third-order valence-corrected chi connectivity index (χ3v) is 5.00. The minimum atomic E-state index is -3.82. The highest BCUT2D eigenvalue weighted by molar-refractivity contribution is 7.92. The largest absolute Gasteiger partial charge is 0.275 e. The topological polar surface area (TPSA) is 76.3 Å². The molecule has 3 rings (SSSR count). The second-order valence-electron chi connectivity index (χ2n) is 6.80. The molecule has 2 aromatic carbocycles. The lowest BCUT2D eigenvalue weighted by Crippen LogP contribution is -2.37. The molecule has 0 radical (unpaired) electrons. The van der Waals surface area contributed by atoms with Crippen LogP contribution in [-0.4, -0.2) is 23.6 Å². The summed E-state index contributed by atoms with van der Waals surface area (Å²) in [6.45, 7) is 5.76. The van der Waals surface area contributed by atoms with E-state index in [-0.39, 0.29) is 10.5 Å². The van der Waals surface area contributed by atoms with Crippen molar-refractivity contribution in [2.24, 2.45) is 4.99 Å². The average molecular weight is 391 g/mol. The number of nitrogens with one attached hydrogen (secondary N) is 1. The van der Waals surface area contributed by atoms with Crippen LogP contribution in [0.2, 0.25) is 5.02 Å². The van der Waals surface area contributed by atoms with Crippen molar-refractivity contribution < 1.29 is 8.42 Å². The Bertz CT molecular complexity index is 1110. The van der Waals surface area contributed by atoms with Crippen LogP contribution in [0.3, 0.4) is 0 Å². The molecule has 0 saturated carbocycles. The number of rotatable bonds is 3. The molecule has 0 aliphatic rings.